The van der Waals surface area contributed by atoms with Gasteiger partial charge in [-0.2, -0.15) is 0 Å². The van der Waals surface area contributed by atoms with Crippen molar-refractivity contribution in [2.45, 2.75) is 51.3 Å². The molecule has 126 valence electrons. The van der Waals surface area contributed by atoms with E-state index in [1.54, 1.807) is 17.0 Å². The fraction of sp³-hybridized carbons (Fsp3) is 0.588. The van der Waals surface area contributed by atoms with E-state index >= 15 is 0 Å². The van der Waals surface area contributed by atoms with E-state index in [0.29, 0.717) is 25.1 Å². The molecule has 1 fully saturated rings. The summed E-state index contributed by atoms with van der Waals surface area (Å²) in [5, 5.41) is 0. The molecule has 0 N–H and O–H groups in total. The Kier molecular flexibility index (Phi) is 5.02. The summed E-state index contributed by atoms with van der Waals surface area (Å²) >= 11 is 0. The van der Waals surface area contributed by atoms with E-state index in [1.165, 1.54) is 6.20 Å². The van der Waals surface area contributed by atoms with Crippen molar-refractivity contribution in [3.63, 3.8) is 0 Å². The topological polar surface area (TPSA) is 59.5 Å². The fourth-order valence-corrected chi connectivity index (χ4v) is 2.57. The van der Waals surface area contributed by atoms with Crippen LogP contribution in [-0.4, -0.2) is 46.6 Å². The normalized spacial score (nSPS) is 17.7. The fourth-order valence-electron chi connectivity index (χ4n) is 2.57. The van der Waals surface area contributed by atoms with Crippen LogP contribution in [0.1, 0.15) is 49.7 Å². The summed E-state index contributed by atoms with van der Waals surface area (Å²) in [4.78, 5) is 28.1. The molecule has 0 bridgehead atoms. The Hall–Kier alpha value is -1.98. The standard InChI is InChI=1S/C17H23FN2O3/c1-16(2,3)23-15(22)20-8-6-17(18,7-9-20)10-13-4-5-14(12-21)19-11-13/h4-5,11-12H,6-10H2,1-3H3. The Morgan fingerprint density at radius 1 is 1.39 bits per heavy atom. The molecule has 0 unspecified atom stereocenters. The maximum atomic E-state index is 14.9. The van der Waals surface area contributed by atoms with Crippen LogP contribution in [0.3, 0.4) is 0 Å². The van der Waals surface area contributed by atoms with E-state index in [0.717, 1.165) is 5.56 Å². The van der Waals surface area contributed by atoms with Crippen molar-refractivity contribution in [1.29, 1.82) is 0 Å². The van der Waals surface area contributed by atoms with Gasteiger partial charge in [-0.15, -0.1) is 0 Å². The van der Waals surface area contributed by atoms with Crippen LogP contribution in [-0.2, 0) is 11.2 Å². The van der Waals surface area contributed by atoms with Crippen LogP contribution in [0, 0.1) is 0 Å². The predicted molar refractivity (Wildman–Crippen MR) is 84.2 cm³/mol. The molecule has 5 nitrogen and oxygen atoms in total. The summed E-state index contributed by atoms with van der Waals surface area (Å²) in [6, 6.07) is 3.31. The van der Waals surface area contributed by atoms with Crippen LogP contribution in [0.2, 0.25) is 0 Å². The second-order valence-electron chi connectivity index (χ2n) is 7.00. The molecule has 0 atom stereocenters. The van der Waals surface area contributed by atoms with Crippen molar-refractivity contribution in [3.8, 4) is 0 Å². The molecule has 1 aliphatic heterocycles. The number of amides is 1. The van der Waals surface area contributed by atoms with Crippen LogP contribution < -0.4 is 0 Å². The van der Waals surface area contributed by atoms with Crippen LogP contribution in [0.4, 0.5) is 9.18 Å². The number of hydrogen-bond acceptors (Lipinski definition) is 4. The molecule has 0 aliphatic carbocycles. The zero-order valence-electron chi connectivity index (χ0n) is 13.8. The number of pyridine rings is 1. The smallest absolute Gasteiger partial charge is 0.410 e. The summed E-state index contributed by atoms with van der Waals surface area (Å²) < 4.78 is 20.2. The Bertz CT molecular complexity index is 558. The number of halogens is 1. The van der Waals surface area contributed by atoms with Crippen LogP contribution in [0.15, 0.2) is 18.3 Å². The monoisotopic (exact) mass is 322 g/mol. The Labute approximate surface area is 135 Å². The third kappa shape index (κ3) is 5.01. The summed E-state index contributed by atoms with van der Waals surface area (Å²) in [7, 11) is 0. The lowest BCUT2D eigenvalue weighted by atomic mass is 9.87. The first-order valence-electron chi connectivity index (χ1n) is 7.78. The van der Waals surface area contributed by atoms with Crippen molar-refractivity contribution < 1.29 is 18.7 Å². The highest BCUT2D eigenvalue weighted by Gasteiger charge is 2.37. The van der Waals surface area contributed by atoms with Gasteiger partial charge < -0.3 is 9.64 Å². The average Bonchev–Trinajstić information content (AvgIpc) is 2.46. The van der Waals surface area contributed by atoms with E-state index in [1.807, 2.05) is 20.8 Å². The average molecular weight is 322 g/mol. The minimum atomic E-state index is -1.36. The summed E-state index contributed by atoms with van der Waals surface area (Å²) in [5.74, 6) is 0. The molecule has 1 aromatic heterocycles. The maximum absolute atomic E-state index is 14.9. The van der Waals surface area contributed by atoms with Gasteiger partial charge in [0, 0.05) is 25.7 Å². The molecule has 2 rings (SSSR count). The van der Waals surface area contributed by atoms with Gasteiger partial charge in [-0.25, -0.2) is 9.18 Å². The summed E-state index contributed by atoms with van der Waals surface area (Å²) in [6.45, 7) is 6.11. The Morgan fingerprint density at radius 2 is 2.04 bits per heavy atom. The van der Waals surface area contributed by atoms with Crippen molar-refractivity contribution >= 4 is 12.4 Å². The zero-order valence-corrected chi connectivity index (χ0v) is 13.8. The van der Waals surface area contributed by atoms with Gasteiger partial charge in [0.2, 0.25) is 0 Å². The first-order valence-corrected chi connectivity index (χ1v) is 7.78. The second kappa shape index (κ2) is 6.64. The van der Waals surface area contributed by atoms with Gasteiger partial charge >= 0.3 is 6.09 Å². The van der Waals surface area contributed by atoms with Gasteiger partial charge in [0.05, 0.1) is 0 Å². The molecule has 0 aromatic carbocycles. The molecule has 0 spiro atoms. The molecule has 1 aliphatic rings. The third-order valence-electron chi connectivity index (χ3n) is 3.80. The van der Waals surface area contributed by atoms with Crippen molar-refractivity contribution in [2.75, 3.05) is 13.1 Å². The number of piperidine rings is 1. The lowest BCUT2D eigenvalue weighted by molar-refractivity contribution is 0.00337. The van der Waals surface area contributed by atoms with E-state index in [9.17, 15) is 14.0 Å². The van der Waals surface area contributed by atoms with Gasteiger partial charge in [-0.1, -0.05) is 6.07 Å². The first-order chi connectivity index (χ1) is 10.7. The van der Waals surface area contributed by atoms with E-state index < -0.39 is 17.4 Å². The number of ether oxygens (including phenoxy) is 1. The third-order valence-corrected chi connectivity index (χ3v) is 3.80. The highest BCUT2D eigenvalue weighted by Crippen LogP contribution is 2.31. The molecular weight excluding hydrogens is 299 g/mol. The van der Waals surface area contributed by atoms with Gasteiger partial charge in [0.25, 0.3) is 0 Å². The highest BCUT2D eigenvalue weighted by molar-refractivity contribution is 5.71. The van der Waals surface area contributed by atoms with Gasteiger partial charge in [0.1, 0.15) is 17.0 Å². The number of aldehydes is 1. The number of carbonyl (C=O) groups excluding carboxylic acids is 2. The zero-order chi connectivity index (χ0) is 17.1. The largest absolute Gasteiger partial charge is 0.444 e. The molecule has 0 saturated carbocycles. The predicted octanol–water partition coefficient (Wildman–Crippen LogP) is 3.18. The van der Waals surface area contributed by atoms with E-state index in [-0.39, 0.29) is 19.3 Å². The van der Waals surface area contributed by atoms with Crippen molar-refractivity contribution in [1.82, 2.24) is 9.88 Å². The van der Waals surface area contributed by atoms with E-state index in [4.69, 9.17) is 4.74 Å². The molecule has 2 heterocycles. The number of nitrogens with zero attached hydrogens (tertiary/aromatic N) is 2. The molecule has 23 heavy (non-hydrogen) atoms. The molecule has 1 aromatic rings. The van der Waals surface area contributed by atoms with Gasteiger partial charge in [-0.05, 0) is 45.2 Å². The number of carbonyl (C=O) groups is 2. The number of aromatic nitrogens is 1. The first kappa shape index (κ1) is 17.4. The molecule has 1 saturated heterocycles. The summed E-state index contributed by atoms with van der Waals surface area (Å²) in [6.07, 6.45) is 2.57. The maximum Gasteiger partial charge on any atom is 0.410 e. The lowest BCUT2D eigenvalue weighted by Gasteiger charge is -2.37. The van der Waals surface area contributed by atoms with Crippen LogP contribution >= 0.6 is 0 Å². The lowest BCUT2D eigenvalue weighted by Crippen LogP contribution is -2.47. The Morgan fingerprint density at radius 3 is 2.52 bits per heavy atom. The molecule has 1 amide bonds. The quantitative estimate of drug-likeness (QED) is 0.802. The molecular formula is C17H23FN2O3. The van der Waals surface area contributed by atoms with E-state index in [2.05, 4.69) is 4.98 Å². The number of hydrogen-bond donors (Lipinski definition) is 0. The number of alkyl halides is 1. The van der Waals surface area contributed by atoms with Crippen LogP contribution in [0.5, 0.6) is 0 Å². The Balaban J connectivity index is 1.91. The highest BCUT2D eigenvalue weighted by atomic mass is 19.1. The SMILES string of the molecule is CC(C)(C)OC(=O)N1CCC(F)(Cc2ccc(C=O)nc2)CC1. The second-order valence-corrected chi connectivity index (χ2v) is 7.00. The van der Waals surface area contributed by atoms with Gasteiger partial charge in [0.15, 0.2) is 6.29 Å². The molecule has 6 heteroatoms. The minimum absolute atomic E-state index is 0.237. The van der Waals surface area contributed by atoms with Crippen LogP contribution in [0.25, 0.3) is 0 Å². The van der Waals surface area contributed by atoms with Gasteiger partial charge in [-0.3, -0.25) is 9.78 Å². The number of rotatable bonds is 3. The summed E-state index contributed by atoms with van der Waals surface area (Å²) in [5.41, 5.74) is -0.818. The van der Waals surface area contributed by atoms with Crippen molar-refractivity contribution in [2.24, 2.45) is 0 Å². The minimum Gasteiger partial charge on any atom is -0.444 e. The number of likely N-dealkylation sites (tertiary alicyclic amines) is 1. The molecule has 0 radical (unpaired) electrons. The van der Waals surface area contributed by atoms with Crippen molar-refractivity contribution in [3.05, 3.63) is 29.6 Å².